The lowest BCUT2D eigenvalue weighted by molar-refractivity contribution is 0.0634. The first kappa shape index (κ1) is 20.5. The number of aromatic carboxylic acids is 1. The second kappa shape index (κ2) is 8.28. The van der Waals surface area contributed by atoms with Crippen LogP contribution in [0.2, 0.25) is 5.02 Å². The van der Waals surface area contributed by atoms with Gasteiger partial charge in [-0.3, -0.25) is 5.32 Å². The Kier molecular flexibility index (Phi) is 6.30. The summed E-state index contributed by atoms with van der Waals surface area (Å²) >= 11 is 5.98. The van der Waals surface area contributed by atoms with Crippen LogP contribution in [-0.4, -0.2) is 27.9 Å². The van der Waals surface area contributed by atoms with E-state index in [0.29, 0.717) is 22.0 Å². The summed E-state index contributed by atoms with van der Waals surface area (Å²) in [6.07, 6.45) is -0.660. The number of nitrogens with one attached hydrogen (secondary N) is 2. The number of carbonyl (C=O) groups excluding carboxylic acids is 1. The number of ether oxygens (including phenoxy) is 1. The van der Waals surface area contributed by atoms with E-state index in [2.05, 4.69) is 10.6 Å². The van der Waals surface area contributed by atoms with Crippen molar-refractivity contribution in [2.24, 2.45) is 0 Å². The van der Waals surface area contributed by atoms with Crippen LogP contribution in [0.5, 0.6) is 0 Å². The molecule has 2 aromatic carbocycles. The molecule has 8 heteroatoms. The van der Waals surface area contributed by atoms with Gasteiger partial charge in [0.2, 0.25) is 0 Å². The fourth-order valence-corrected chi connectivity index (χ4v) is 2.44. The van der Waals surface area contributed by atoms with Crippen molar-refractivity contribution < 1.29 is 24.5 Å². The molecular formula is C19H21ClN2O5. The number of carboxylic acids is 1. The maximum atomic E-state index is 12.1. The maximum Gasteiger partial charge on any atom is 0.412 e. The molecule has 0 aliphatic heterocycles. The molecule has 0 unspecified atom stereocenters. The molecular weight excluding hydrogens is 372 g/mol. The number of carboxylic acid groups (broad SMARTS) is 1. The van der Waals surface area contributed by atoms with E-state index in [0.717, 1.165) is 0 Å². The molecule has 0 radical (unpaired) electrons. The number of rotatable bonds is 5. The summed E-state index contributed by atoms with van der Waals surface area (Å²) in [6, 6.07) is 9.13. The van der Waals surface area contributed by atoms with Gasteiger partial charge in [0.1, 0.15) is 5.60 Å². The molecule has 0 atom stereocenters. The van der Waals surface area contributed by atoms with Gasteiger partial charge in [0.25, 0.3) is 0 Å². The highest BCUT2D eigenvalue weighted by Gasteiger charge is 2.18. The monoisotopic (exact) mass is 392 g/mol. The number of aliphatic hydroxyl groups excluding tert-OH is 1. The number of anilines is 3. The summed E-state index contributed by atoms with van der Waals surface area (Å²) in [7, 11) is 0. The van der Waals surface area contributed by atoms with Crippen LogP contribution in [0.25, 0.3) is 0 Å². The van der Waals surface area contributed by atoms with Crippen LogP contribution in [-0.2, 0) is 11.3 Å². The van der Waals surface area contributed by atoms with Crippen molar-refractivity contribution >= 4 is 40.7 Å². The number of halogens is 1. The molecule has 0 saturated heterocycles. The summed E-state index contributed by atoms with van der Waals surface area (Å²) in [5.41, 5.74) is 0.905. The van der Waals surface area contributed by atoms with E-state index >= 15 is 0 Å². The highest BCUT2D eigenvalue weighted by molar-refractivity contribution is 6.31. The summed E-state index contributed by atoms with van der Waals surface area (Å²) < 4.78 is 5.24. The Hall–Kier alpha value is -2.77. The molecule has 0 aromatic heterocycles. The van der Waals surface area contributed by atoms with E-state index in [-0.39, 0.29) is 17.9 Å². The average Bonchev–Trinajstić information content (AvgIpc) is 2.54. The smallest absolute Gasteiger partial charge is 0.412 e. The first-order valence-electron chi connectivity index (χ1n) is 8.12. The van der Waals surface area contributed by atoms with Crippen molar-refractivity contribution in [3.63, 3.8) is 0 Å². The normalized spacial score (nSPS) is 11.0. The third kappa shape index (κ3) is 5.87. The minimum atomic E-state index is -1.13. The van der Waals surface area contributed by atoms with Gasteiger partial charge in [0.15, 0.2) is 0 Å². The average molecular weight is 393 g/mol. The SMILES string of the molecule is CC(C)(C)OC(=O)Nc1ccc(CO)cc1Nc1cc(Cl)ccc1C(=O)O. The van der Waals surface area contributed by atoms with Gasteiger partial charge in [-0.25, -0.2) is 9.59 Å². The molecule has 4 N–H and O–H groups in total. The lowest BCUT2D eigenvalue weighted by Crippen LogP contribution is -2.27. The minimum Gasteiger partial charge on any atom is -0.478 e. The summed E-state index contributed by atoms with van der Waals surface area (Å²) in [5.74, 6) is -1.13. The molecule has 2 rings (SSSR count). The third-order valence-corrected chi connectivity index (χ3v) is 3.62. The summed E-state index contributed by atoms with van der Waals surface area (Å²) in [5, 5.41) is 24.7. The fraction of sp³-hybridized carbons (Fsp3) is 0.263. The number of benzene rings is 2. The first-order chi connectivity index (χ1) is 12.6. The maximum absolute atomic E-state index is 12.1. The molecule has 0 spiro atoms. The van der Waals surface area contributed by atoms with E-state index in [1.54, 1.807) is 39.0 Å². The highest BCUT2D eigenvalue weighted by atomic mass is 35.5. The van der Waals surface area contributed by atoms with E-state index in [1.807, 2.05) is 0 Å². The van der Waals surface area contributed by atoms with Crippen molar-refractivity contribution in [2.45, 2.75) is 33.0 Å². The van der Waals surface area contributed by atoms with Gasteiger partial charge >= 0.3 is 12.1 Å². The Balaban J connectivity index is 2.39. The number of hydrogen-bond donors (Lipinski definition) is 4. The lowest BCUT2D eigenvalue weighted by Gasteiger charge is -2.21. The van der Waals surface area contributed by atoms with Crippen LogP contribution in [0.15, 0.2) is 36.4 Å². The zero-order valence-corrected chi connectivity index (χ0v) is 15.9. The molecule has 27 heavy (non-hydrogen) atoms. The lowest BCUT2D eigenvalue weighted by atomic mass is 10.1. The quantitative estimate of drug-likeness (QED) is 0.591. The van der Waals surface area contributed by atoms with E-state index in [1.165, 1.54) is 18.2 Å². The second-order valence-corrected chi connectivity index (χ2v) is 7.22. The molecule has 0 fully saturated rings. The molecule has 1 amide bonds. The zero-order chi connectivity index (χ0) is 20.2. The predicted molar refractivity (Wildman–Crippen MR) is 104 cm³/mol. The Bertz CT molecular complexity index is 862. The van der Waals surface area contributed by atoms with E-state index in [9.17, 15) is 19.8 Å². The van der Waals surface area contributed by atoms with Gasteiger partial charge in [-0.15, -0.1) is 0 Å². The van der Waals surface area contributed by atoms with Crippen LogP contribution in [0.3, 0.4) is 0 Å². The molecule has 0 saturated carbocycles. The van der Waals surface area contributed by atoms with Gasteiger partial charge in [-0.2, -0.15) is 0 Å². The van der Waals surface area contributed by atoms with Crippen LogP contribution in [0.1, 0.15) is 36.7 Å². The van der Waals surface area contributed by atoms with Crippen molar-refractivity contribution in [1.29, 1.82) is 0 Å². The van der Waals surface area contributed by atoms with Gasteiger partial charge in [-0.05, 0) is 56.7 Å². The molecule has 0 aliphatic carbocycles. The number of aliphatic hydroxyl groups is 1. The number of carbonyl (C=O) groups is 2. The number of amides is 1. The van der Waals surface area contributed by atoms with Crippen molar-refractivity contribution in [3.05, 3.63) is 52.5 Å². The molecule has 7 nitrogen and oxygen atoms in total. The summed E-state index contributed by atoms with van der Waals surface area (Å²) in [4.78, 5) is 23.5. The van der Waals surface area contributed by atoms with Crippen molar-refractivity contribution in [3.8, 4) is 0 Å². The van der Waals surface area contributed by atoms with Crippen molar-refractivity contribution in [2.75, 3.05) is 10.6 Å². The highest BCUT2D eigenvalue weighted by Crippen LogP contribution is 2.31. The molecule has 0 heterocycles. The third-order valence-electron chi connectivity index (χ3n) is 3.38. The number of hydrogen-bond acceptors (Lipinski definition) is 5. The minimum absolute atomic E-state index is 0.0111. The molecule has 144 valence electrons. The largest absolute Gasteiger partial charge is 0.478 e. The van der Waals surface area contributed by atoms with Crippen LogP contribution in [0, 0.1) is 0 Å². The second-order valence-electron chi connectivity index (χ2n) is 6.79. The fourth-order valence-electron chi connectivity index (χ4n) is 2.27. The summed E-state index contributed by atoms with van der Waals surface area (Å²) in [6.45, 7) is 5.01. The van der Waals surface area contributed by atoms with E-state index in [4.69, 9.17) is 16.3 Å². The predicted octanol–water partition coefficient (Wildman–Crippen LogP) is 4.62. The Labute approximate surface area is 161 Å². The topological polar surface area (TPSA) is 108 Å². The van der Waals surface area contributed by atoms with Crippen LogP contribution < -0.4 is 10.6 Å². The van der Waals surface area contributed by atoms with Gasteiger partial charge in [0.05, 0.1) is 29.2 Å². The van der Waals surface area contributed by atoms with Crippen LogP contribution >= 0.6 is 11.6 Å². The van der Waals surface area contributed by atoms with E-state index < -0.39 is 17.7 Å². The van der Waals surface area contributed by atoms with Gasteiger partial charge in [-0.1, -0.05) is 17.7 Å². The first-order valence-corrected chi connectivity index (χ1v) is 8.50. The molecule has 2 aromatic rings. The van der Waals surface area contributed by atoms with Crippen LogP contribution in [0.4, 0.5) is 21.9 Å². The molecule has 0 aliphatic rings. The Morgan fingerprint density at radius 3 is 2.37 bits per heavy atom. The van der Waals surface area contributed by atoms with Gasteiger partial charge < -0.3 is 20.3 Å². The standard InChI is InChI=1S/C19H21ClN2O5/c1-19(2,3)27-18(26)22-14-7-4-11(10-23)8-16(14)21-15-9-12(20)5-6-13(15)17(24)25/h4-9,21,23H,10H2,1-3H3,(H,22,26)(H,24,25). The molecule has 0 bridgehead atoms. The van der Waals surface area contributed by atoms with Gasteiger partial charge in [0, 0.05) is 5.02 Å². The van der Waals surface area contributed by atoms with Crippen molar-refractivity contribution in [1.82, 2.24) is 0 Å². The Morgan fingerprint density at radius 2 is 1.78 bits per heavy atom. The Morgan fingerprint density at radius 1 is 1.07 bits per heavy atom. The zero-order valence-electron chi connectivity index (χ0n) is 15.2.